The molecule has 23 heavy (non-hydrogen) atoms. The largest absolute Gasteiger partial charge is 0.512 e. The molecule has 0 aromatic heterocycles. The molecule has 0 amide bonds. The van der Waals surface area contributed by atoms with Crippen LogP contribution in [-0.4, -0.2) is 28.1 Å². The fourth-order valence-corrected chi connectivity index (χ4v) is 4.62. The molecule has 0 aromatic carbocycles. The zero-order valence-electron chi connectivity index (χ0n) is 13.5. The first-order valence-electron chi connectivity index (χ1n) is 7.70. The van der Waals surface area contributed by atoms with Crippen LogP contribution in [0.4, 0.5) is 13.2 Å². The van der Waals surface area contributed by atoms with Gasteiger partial charge in [-0.05, 0) is 12.3 Å². The fraction of sp³-hybridized carbons (Fsp3) is 1.00. The third-order valence-electron chi connectivity index (χ3n) is 3.24. The number of halogens is 3. The van der Waals surface area contributed by atoms with Crippen molar-refractivity contribution in [2.75, 3.05) is 5.75 Å². The average molecular weight is 381 g/mol. The number of sulfonamides is 2. The number of alkyl halides is 3. The van der Waals surface area contributed by atoms with Crippen LogP contribution in [0.15, 0.2) is 0 Å². The van der Waals surface area contributed by atoms with E-state index in [1.165, 1.54) is 6.42 Å². The maximum Gasteiger partial charge on any atom is 0.512 e. The molecule has 0 saturated carbocycles. The van der Waals surface area contributed by atoms with Crippen LogP contribution in [0.2, 0.25) is 0 Å². The van der Waals surface area contributed by atoms with E-state index in [1.54, 1.807) is 0 Å². The van der Waals surface area contributed by atoms with Gasteiger partial charge in [-0.2, -0.15) is 13.2 Å². The van der Waals surface area contributed by atoms with Crippen molar-refractivity contribution in [1.82, 2.24) is 4.13 Å². The van der Waals surface area contributed by atoms with E-state index in [2.05, 4.69) is 13.8 Å². The molecule has 1 N–H and O–H groups in total. The molecule has 0 fully saturated rings. The van der Waals surface area contributed by atoms with Gasteiger partial charge in [-0.1, -0.05) is 58.8 Å². The van der Waals surface area contributed by atoms with Crippen molar-refractivity contribution < 1.29 is 30.0 Å². The van der Waals surface area contributed by atoms with Gasteiger partial charge in [0.05, 0.1) is 5.75 Å². The molecule has 0 unspecified atom stereocenters. The first-order valence-corrected chi connectivity index (χ1v) is 10.8. The molecule has 0 radical (unpaired) electrons. The first kappa shape index (κ1) is 22.6. The molecule has 0 bridgehead atoms. The van der Waals surface area contributed by atoms with Gasteiger partial charge in [0, 0.05) is 0 Å². The van der Waals surface area contributed by atoms with Gasteiger partial charge in [-0.25, -0.2) is 16.8 Å². The second kappa shape index (κ2) is 9.83. The van der Waals surface area contributed by atoms with E-state index in [1.807, 2.05) is 0 Å². The second-order valence-corrected chi connectivity index (χ2v) is 9.78. The molecule has 0 rings (SSSR count). The molecular formula is C13H26F3NO4S2. The zero-order valence-corrected chi connectivity index (χ0v) is 15.2. The Morgan fingerprint density at radius 3 is 1.70 bits per heavy atom. The summed E-state index contributed by atoms with van der Waals surface area (Å²) in [6.07, 6.45) is 6.88. The molecule has 0 heterocycles. The van der Waals surface area contributed by atoms with Crippen molar-refractivity contribution in [2.24, 2.45) is 5.92 Å². The van der Waals surface area contributed by atoms with E-state index >= 15 is 0 Å². The Kier molecular flexibility index (Phi) is 9.68. The Bertz CT molecular complexity index is 528. The van der Waals surface area contributed by atoms with Gasteiger partial charge in [-0.3, -0.25) is 0 Å². The van der Waals surface area contributed by atoms with Gasteiger partial charge >= 0.3 is 15.5 Å². The normalized spacial score (nSPS) is 13.7. The summed E-state index contributed by atoms with van der Waals surface area (Å²) in [6.45, 7) is 4.32. The quantitative estimate of drug-likeness (QED) is 0.525. The molecule has 0 saturated heterocycles. The molecule has 0 aromatic rings. The van der Waals surface area contributed by atoms with Crippen LogP contribution in [0, 0.1) is 5.92 Å². The maximum absolute atomic E-state index is 12.1. The topological polar surface area (TPSA) is 80.3 Å². The summed E-state index contributed by atoms with van der Waals surface area (Å²) >= 11 is 0. The van der Waals surface area contributed by atoms with E-state index < -0.39 is 31.3 Å². The molecule has 0 aliphatic heterocycles. The maximum atomic E-state index is 12.1. The molecule has 0 spiro atoms. The summed E-state index contributed by atoms with van der Waals surface area (Å²) in [5, 5.41) is 0. The highest BCUT2D eigenvalue weighted by Gasteiger charge is 2.48. The van der Waals surface area contributed by atoms with Crippen molar-refractivity contribution >= 4 is 20.0 Å². The molecule has 10 heteroatoms. The summed E-state index contributed by atoms with van der Waals surface area (Å²) in [4.78, 5) is 0. The van der Waals surface area contributed by atoms with E-state index in [9.17, 15) is 30.0 Å². The highest BCUT2D eigenvalue weighted by molar-refractivity contribution is 8.05. The lowest BCUT2D eigenvalue weighted by Gasteiger charge is -2.10. The van der Waals surface area contributed by atoms with Crippen LogP contribution < -0.4 is 4.13 Å². The van der Waals surface area contributed by atoms with Crippen molar-refractivity contribution in [3.8, 4) is 0 Å². The molecule has 0 atom stereocenters. The predicted octanol–water partition coefficient (Wildman–Crippen LogP) is 3.53. The van der Waals surface area contributed by atoms with Crippen molar-refractivity contribution in [3.63, 3.8) is 0 Å². The number of hydrogen-bond acceptors (Lipinski definition) is 4. The Balaban J connectivity index is 3.88. The number of hydrogen-bond donors (Lipinski definition) is 1. The van der Waals surface area contributed by atoms with Crippen molar-refractivity contribution in [1.29, 1.82) is 0 Å². The van der Waals surface area contributed by atoms with E-state index in [0.717, 1.165) is 36.2 Å². The Hall–Kier alpha value is -0.350. The SMILES string of the molecule is CC(C)CCCCCCCCCS(=O)(=O)NS(=O)(=O)C(F)(F)F. The summed E-state index contributed by atoms with van der Waals surface area (Å²) < 4.78 is 81.1. The summed E-state index contributed by atoms with van der Waals surface area (Å²) in [5.74, 6) is 0.0519. The van der Waals surface area contributed by atoms with Crippen LogP contribution in [0.5, 0.6) is 0 Å². The van der Waals surface area contributed by atoms with Crippen LogP contribution in [0.1, 0.15) is 65.2 Å². The minimum Gasteiger partial charge on any atom is -0.211 e. The van der Waals surface area contributed by atoms with E-state index in [-0.39, 0.29) is 6.42 Å². The van der Waals surface area contributed by atoms with Gasteiger partial charge in [-0.15, -0.1) is 4.13 Å². The van der Waals surface area contributed by atoms with Crippen molar-refractivity contribution in [2.45, 2.75) is 70.7 Å². The highest BCUT2D eigenvalue weighted by Crippen LogP contribution is 2.22. The molecule has 140 valence electrons. The van der Waals surface area contributed by atoms with Gasteiger partial charge in [0.25, 0.3) is 0 Å². The summed E-state index contributed by atoms with van der Waals surface area (Å²) in [7, 11) is -10.3. The zero-order chi connectivity index (χ0) is 18.1. The Morgan fingerprint density at radius 2 is 1.26 bits per heavy atom. The third-order valence-corrected chi connectivity index (χ3v) is 6.56. The van der Waals surface area contributed by atoms with Gasteiger partial charge in [0.2, 0.25) is 10.0 Å². The van der Waals surface area contributed by atoms with Gasteiger partial charge in [0.1, 0.15) is 0 Å². The minimum atomic E-state index is -5.86. The molecule has 0 aliphatic rings. The van der Waals surface area contributed by atoms with Crippen LogP contribution in [0.25, 0.3) is 0 Å². The lowest BCUT2D eigenvalue weighted by molar-refractivity contribution is -0.0441. The molecule has 5 nitrogen and oxygen atoms in total. The third kappa shape index (κ3) is 10.9. The van der Waals surface area contributed by atoms with Gasteiger partial charge < -0.3 is 0 Å². The fourth-order valence-electron chi connectivity index (χ4n) is 1.98. The van der Waals surface area contributed by atoms with Gasteiger partial charge in [0.15, 0.2) is 0 Å². The van der Waals surface area contributed by atoms with E-state index in [4.69, 9.17) is 0 Å². The standard InChI is InChI=1S/C13H26F3NO4S2/c1-12(2)10-8-6-4-3-5-7-9-11-22(18,19)17-23(20,21)13(14,15)16/h12,17H,3-11H2,1-2H3. The van der Waals surface area contributed by atoms with Crippen LogP contribution in [0.3, 0.4) is 0 Å². The average Bonchev–Trinajstić information content (AvgIpc) is 2.33. The van der Waals surface area contributed by atoms with Crippen LogP contribution >= 0.6 is 0 Å². The Morgan fingerprint density at radius 1 is 0.826 bits per heavy atom. The Labute approximate surface area is 137 Å². The summed E-state index contributed by atoms with van der Waals surface area (Å²) in [6, 6.07) is 0. The number of nitrogens with one attached hydrogen (secondary N) is 1. The smallest absolute Gasteiger partial charge is 0.211 e. The summed E-state index contributed by atoms with van der Waals surface area (Å²) in [5.41, 5.74) is -5.63. The number of rotatable bonds is 12. The number of unbranched alkanes of at least 4 members (excludes halogenated alkanes) is 6. The second-order valence-electron chi connectivity index (χ2n) is 6.01. The van der Waals surface area contributed by atoms with E-state index in [0.29, 0.717) is 12.3 Å². The molecule has 0 aliphatic carbocycles. The van der Waals surface area contributed by atoms with Crippen molar-refractivity contribution in [3.05, 3.63) is 0 Å². The monoisotopic (exact) mass is 381 g/mol. The highest BCUT2D eigenvalue weighted by atomic mass is 32.3. The lowest BCUT2D eigenvalue weighted by Crippen LogP contribution is -2.41. The lowest BCUT2D eigenvalue weighted by atomic mass is 10.0. The first-order chi connectivity index (χ1) is 10.4. The van der Waals surface area contributed by atoms with Crippen LogP contribution in [-0.2, 0) is 20.0 Å². The predicted molar refractivity (Wildman–Crippen MR) is 83.7 cm³/mol. The molecular weight excluding hydrogens is 355 g/mol. The minimum absolute atomic E-state index is 0.134.